The van der Waals surface area contributed by atoms with Crippen molar-refractivity contribution in [3.05, 3.63) is 50.1 Å². The van der Waals surface area contributed by atoms with Crippen LogP contribution in [0.1, 0.15) is 42.2 Å². The summed E-state index contributed by atoms with van der Waals surface area (Å²) in [5, 5.41) is 12.8. The number of hydrogen-bond donors (Lipinski definition) is 1. The van der Waals surface area contributed by atoms with Gasteiger partial charge in [0.15, 0.2) is 11.5 Å². The summed E-state index contributed by atoms with van der Waals surface area (Å²) in [5.74, 6) is 0.176. The van der Waals surface area contributed by atoms with Crippen LogP contribution in [0.3, 0.4) is 0 Å². The van der Waals surface area contributed by atoms with Gasteiger partial charge in [0.05, 0.1) is 17.5 Å². The molecular formula is C27H29BrN2O5S. The van der Waals surface area contributed by atoms with Crippen LogP contribution in [0.2, 0.25) is 0 Å². The first-order valence-corrected chi connectivity index (χ1v) is 14.0. The second-order valence-corrected chi connectivity index (χ2v) is 12.3. The molecule has 6 rings (SSSR count). The Morgan fingerprint density at radius 2 is 2.17 bits per heavy atom. The highest BCUT2D eigenvalue weighted by Gasteiger charge is 2.75. The average Bonchev–Trinajstić information content (AvgIpc) is 3.41. The largest absolute Gasteiger partial charge is 0.504 e. The molecule has 4 aliphatic rings. The van der Waals surface area contributed by atoms with E-state index in [1.54, 1.807) is 28.4 Å². The van der Waals surface area contributed by atoms with Crippen molar-refractivity contribution < 1.29 is 24.2 Å². The number of phenolic OH excluding ortho intramolecular Hbond substituents is 1. The van der Waals surface area contributed by atoms with Crippen molar-refractivity contribution >= 4 is 45.2 Å². The number of esters is 1. The van der Waals surface area contributed by atoms with E-state index in [9.17, 15) is 14.7 Å². The molecule has 2 fully saturated rings. The Balaban J connectivity index is 1.44. The number of thiophene rings is 1. The average molecular weight is 574 g/mol. The minimum absolute atomic E-state index is 0.00312. The van der Waals surface area contributed by atoms with Crippen LogP contribution in [0.15, 0.2) is 34.1 Å². The summed E-state index contributed by atoms with van der Waals surface area (Å²) in [4.78, 5) is 30.9. The van der Waals surface area contributed by atoms with Crippen molar-refractivity contribution in [3.8, 4) is 11.5 Å². The molecule has 36 heavy (non-hydrogen) atoms. The van der Waals surface area contributed by atoms with Gasteiger partial charge in [0.2, 0.25) is 5.91 Å². The van der Waals surface area contributed by atoms with Crippen molar-refractivity contribution in [2.75, 3.05) is 20.6 Å². The zero-order valence-electron chi connectivity index (χ0n) is 20.5. The summed E-state index contributed by atoms with van der Waals surface area (Å²) >= 11 is 5.02. The molecule has 1 N–H and O–H groups in total. The van der Waals surface area contributed by atoms with Gasteiger partial charge < -0.3 is 19.5 Å². The third-order valence-corrected chi connectivity index (χ3v) is 10.5. The number of piperidine rings is 1. The Kier molecular flexibility index (Phi) is 5.55. The van der Waals surface area contributed by atoms with Crippen molar-refractivity contribution in [2.24, 2.45) is 0 Å². The number of rotatable bonds is 4. The standard InChI is InChI=1S/C27H29BrN2O5S/c1-15(31)35-27-9-8-19(30(3)22(33)7-5-18-13-17(28)14-36-18)25-26(27)10-11-29(2)21(27)12-16-4-6-20(32)24(34-25)23(16)26/h4-7,13-14,19,21,25,32H,8-12H2,1-3H3/b7-5+/t19-,21-,25+,26+,27-/m1/s1. The van der Waals surface area contributed by atoms with E-state index in [0.717, 1.165) is 39.9 Å². The third kappa shape index (κ3) is 3.18. The van der Waals surface area contributed by atoms with Crippen molar-refractivity contribution in [2.45, 2.75) is 61.8 Å². The van der Waals surface area contributed by atoms with Crippen LogP contribution in [0.4, 0.5) is 0 Å². The fourth-order valence-corrected chi connectivity index (χ4v) is 8.74. The molecule has 1 aromatic heterocycles. The maximum atomic E-state index is 13.3. The number of carbonyl (C=O) groups is 2. The molecule has 2 bridgehead atoms. The van der Waals surface area contributed by atoms with Crippen LogP contribution in [-0.2, 0) is 26.2 Å². The molecule has 0 radical (unpaired) electrons. The molecule has 9 heteroatoms. The number of halogens is 1. The van der Waals surface area contributed by atoms with Gasteiger partial charge in [0.1, 0.15) is 11.7 Å². The van der Waals surface area contributed by atoms with Crippen LogP contribution in [-0.4, -0.2) is 71.2 Å². The number of aromatic hydroxyl groups is 1. The van der Waals surface area contributed by atoms with E-state index in [4.69, 9.17) is 9.47 Å². The number of benzene rings is 1. The number of likely N-dealkylation sites (tertiary alicyclic amines) is 1. The predicted molar refractivity (Wildman–Crippen MR) is 140 cm³/mol. The maximum absolute atomic E-state index is 13.3. The molecule has 0 unspecified atom stereocenters. The minimum Gasteiger partial charge on any atom is -0.504 e. The number of hydrogen-bond acceptors (Lipinski definition) is 7. The second kappa shape index (κ2) is 8.33. The van der Waals surface area contributed by atoms with E-state index < -0.39 is 17.1 Å². The van der Waals surface area contributed by atoms with Crippen molar-refractivity contribution in [1.82, 2.24) is 9.80 Å². The smallest absolute Gasteiger partial charge is 0.303 e. The van der Waals surface area contributed by atoms with E-state index in [2.05, 4.69) is 27.9 Å². The number of carbonyl (C=O) groups excluding carboxylic acids is 2. The first kappa shape index (κ1) is 24.0. The van der Waals surface area contributed by atoms with Crippen LogP contribution >= 0.6 is 27.3 Å². The topological polar surface area (TPSA) is 79.3 Å². The molecule has 2 aromatic rings. The van der Waals surface area contributed by atoms with Gasteiger partial charge >= 0.3 is 5.97 Å². The monoisotopic (exact) mass is 572 g/mol. The molecular weight excluding hydrogens is 544 g/mol. The highest BCUT2D eigenvalue weighted by molar-refractivity contribution is 9.10. The number of nitrogens with zero attached hydrogens (tertiary/aromatic N) is 2. The lowest BCUT2D eigenvalue weighted by atomic mass is 9.48. The Hall–Kier alpha value is -2.36. The molecule has 190 valence electrons. The molecule has 1 amide bonds. The number of phenols is 1. The molecule has 1 spiro atoms. The SMILES string of the molecule is CC(=O)O[C@@]12CC[C@@H](N(C)C(=O)/C=C/c3cc(Br)cs3)[C@@H]3Oc4c(O)ccc5c4[C@@]31CCN(C)[C@@H]2C5. The van der Waals surface area contributed by atoms with Crippen LogP contribution < -0.4 is 4.74 Å². The molecule has 1 aromatic carbocycles. The molecule has 3 heterocycles. The lowest BCUT2D eigenvalue weighted by Crippen LogP contribution is -2.78. The fraction of sp³-hybridized carbons (Fsp3) is 0.481. The Labute approximate surface area is 222 Å². The molecule has 2 aliphatic heterocycles. The zero-order chi connectivity index (χ0) is 25.4. The summed E-state index contributed by atoms with van der Waals surface area (Å²) in [5.41, 5.74) is 0.698. The summed E-state index contributed by atoms with van der Waals surface area (Å²) in [6.07, 6.45) is 5.71. The van der Waals surface area contributed by atoms with Gasteiger partial charge in [-0.1, -0.05) is 6.07 Å². The highest BCUT2D eigenvalue weighted by Crippen LogP contribution is 2.66. The second-order valence-electron chi connectivity index (χ2n) is 10.4. The lowest BCUT2D eigenvalue weighted by Gasteiger charge is -2.65. The van der Waals surface area contributed by atoms with E-state index >= 15 is 0 Å². The molecule has 1 saturated carbocycles. The van der Waals surface area contributed by atoms with Crippen LogP contribution in [0.25, 0.3) is 6.08 Å². The predicted octanol–water partition coefficient (Wildman–Crippen LogP) is 4.11. The first-order chi connectivity index (χ1) is 17.2. The number of amides is 1. The van der Waals surface area contributed by atoms with E-state index in [1.807, 2.05) is 30.6 Å². The van der Waals surface area contributed by atoms with Crippen molar-refractivity contribution in [3.63, 3.8) is 0 Å². The minimum atomic E-state index is -0.776. The summed E-state index contributed by atoms with van der Waals surface area (Å²) in [6.45, 7) is 2.29. The molecule has 1 saturated heterocycles. The summed E-state index contributed by atoms with van der Waals surface area (Å²) < 4.78 is 14.0. The van der Waals surface area contributed by atoms with Gasteiger partial charge in [0.25, 0.3) is 0 Å². The maximum Gasteiger partial charge on any atom is 0.303 e. The Morgan fingerprint density at radius 3 is 2.89 bits per heavy atom. The van der Waals surface area contributed by atoms with E-state index in [0.29, 0.717) is 18.6 Å². The van der Waals surface area contributed by atoms with Gasteiger partial charge in [-0.3, -0.25) is 14.5 Å². The van der Waals surface area contributed by atoms with Gasteiger partial charge in [-0.2, -0.15) is 0 Å². The lowest BCUT2D eigenvalue weighted by molar-refractivity contribution is -0.220. The Morgan fingerprint density at radius 1 is 1.36 bits per heavy atom. The van der Waals surface area contributed by atoms with E-state index in [1.165, 1.54) is 6.92 Å². The zero-order valence-corrected chi connectivity index (χ0v) is 22.9. The third-order valence-electron chi connectivity index (χ3n) is 8.81. The van der Waals surface area contributed by atoms with E-state index in [-0.39, 0.29) is 29.7 Å². The summed E-state index contributed by atoms with van der Waals surface area (Å²) in [6, 6.07) is 5.42. The molecule has 7 nitrogen and oxygen atoms in total. The van der Waals surface area contributed by atoms with Gasteiger partial charge in [0, 0.05) is 40.3 Å². The van der Waals surface area contributed by atoms with Gasteiger partial charge in [-0.15, -0.1) is 11.3 Å². The fourth-order valence-electron chi connectivity index (χ4n) is 7.41. The number of ether oxygens (including phenoxy) is 2. The highest BCUT2D eigenvalue weighted by atomic mass is 79.9. The molecule has 5 atom stereocenters. The first-order valence-electron chi connectivity index (χ1n) is 12.3. The normalized spacial score (nSPS) is 32.2. The quantitative estimate of drug-likeness (QED) is 0.438. The Bertz CT molecular complexity index is 1290. The van der Waals surface area contributed by atoms with Gasteiger partial charge in [-0.25, -0.2) is 0 Å². The number of likely N-dealkylation sites (N-methyl/N-ethyl adjacent to an activating group) is 2. The molecule has 2 aliphatic carbocycles. The van der Waals surface area contributed by atoms with Crippen molar-refractivity contribution in [1.29, 1.82) is 0 Å². The van der Waals surface area contributed by atoms with Gasteiger partial charge in [-0.05, 0) is 79.0 Å². The van der Waals surface area contributed by atoms with Crippen LogP contribution in [0.5, 0.6) is 11.5 Å². The summed E-state index contributed by atoms with van der Waals surface area (Å²) in [7, 11) is 3.91. The van der Waals surface area contributed by atoms with Crippen LogP contribution in [0, 0.1) is 0 Å².